The summed E-state index contributed by atoms with van der Waals surface area (Å²) in [5, 5.41) is 5.67. The summed E-state index contributed by atoms with van der Waals surface area (Å²) >= 11 is 0. The van der Waals surface area contributed by atoms with Crippen LogP contribution in [0.2, 0.25) is 0 Å². The molecule has 132 valence electrons. The maximum Gasteiger partial charge on any atom is 0.315 e. The third-order valence-corrected chi connectivity index (χ3v) is 4.44. The van der Waals surface area contributed by atoms with Gasteiger partial charge in [0.25, 0.3) is 5.56 Å². The van der Waals surface area contributed by atoms with Crippen molar-refractivity contribution in [3.05, 3.63) is 62.6 Å². The van der Waals surface area contributed by atoms with Gasteiger partial charge in [-0.2, -0.15) is 0 Å². The molecule has 2 amide bonds. The van der Waals surface area contributed by atoms with Crippen LogP contribution >= 0.6 is 0 Å². The zero-order valence-corrected chi connectivity index (χ0v) is 14.7. The van der Waals surface area contributed by atoms with Crippen LogP contribution in [0.25, 0.3) is 0 Å². The van der Waals surface area contributed by atoms with Gasteiger partial charge in [0.2, 0.25) is 0 Å². The highest BCUT2D eigenvalue weighted by Crippen LogP contribution is 2.28. The van der Waals surface area contributed by atoms with Gasteiger partial charge in [0, 0.05) is 11.3 Å². The van der Waals surface area contributed by atoms with Crippen molar-refractivity contribution in [2.24, 2.45) is 0 Å². The second kappa shape index (κ2) is 7.01. The Balaban J connectivity index is 1.58. The van der Waals surface area contributed by atoms with Gasteiger partial charge in [-0.25, -0.2) is 4.79 Å². The van der Waals surface area contributed by atoms with E-state index in [4.69, 9.17) is 4.74 Å². The average Bonchev–Trinajstić information content (AvgIpc) is 2.54. The molecule has 0 bridgehead atoms. The molecule has 1 aromatic carbocycles. The van der Waals surface area contributed by atoms with Crippen molar-refractivity contribution in [1.29, 1.82) is 0 Å². The van der Waals surface area contributed by atoms with E-state index in [-0.39, 0.29) is 24.2 Å². The van der Waals surface area contributed by atoms with E-state index in [1.807, 2.05) is 45.0 Å². The monoisotopic (exact) mass is 341 g/mol. The van der Waals surface area contributed by atoms with Gasteiger partial charge in [-0.3, -0.25) is 4.79 Å². The maximum atomic E-state index is 12.2. The first-order valence-electron chi connectivity index (χ1n) is 8.39. The van der Waals surface area contributed by atoms with E-state index < -0.39 is 0 Å². The fourth-order valence-corrected chi connectivity index (χ4v) is 3.19. The SMILES string of the molecule is Cc1cc(C)c(CNC(=O)NC2COc3c(C)cccc3C2)c(=O)[nH]1. The first-order chi connectivity index (χ1) is 11.9. The van der Waals surface area contributed by atoms with Crippen LogP contribution in [0.5, 0.6) is 5.75 Å². The molecule has 0 spiro atoms. The number of para-hydroxylation sites is 1. The van der Waals surface area contributed by atoms with Crippen molar-refractivity contribution in [3.63, 3.8) is 0 Å². The molecule has 0 saturated carbocycles. The van der Waals surface area contributed by atoms with Gasteiger partial charge in [0.15, 0.2) is 0 Å². The lowest BCUT2D eigenvalue weighted by molar-refractivity contribution is 0.213. The number of ether oxygens (including phenoxy) is 1. The zero-order valence-electron chi connectivity index (χ0n) is 14.7. The Morgan fingerprint density at radius 1 is 1.28 bits per heavy atom. The van der Waals surface area contributed by atoms with Crippen molar-refractivity contribution in [2.75, 3.05) is 6.61 Å². The number of fused-ring (bicyclic) bond motifs is 1. The van der Waals surface area contributed by atoms with E-state index in [9.17, 15) is 9.59 Å². The first-order valence-corrected chi connectivity index (χ1v) is 8.39. The normalized spacial score (nSPS) is 15.9. The van der Waals surface area contributed by atoms with Crippen LogP contribution in [-0.4, -0.2) is 23.7 Å². The molecule has 2 aromatic rings. The second-order valence-electron chi connectivity index (χ2n) is 6.55. The van der Waals surface area contributed by atoms with Crippen LogP contribution < -0.4 is 20.9 Å². The Morgan fingerprint density at radius 3 is 2.84 bits per heavy atom. The standard InChI is InChI=1S/C19H23N3O3/c1-11-5-4-6-14-8-15(10-25-17(11)14)22-19(24)20-9-16-12(2)7-13(3)21-18(16)23/h4-7,15H,8-10H2,1-3H3,(H,21,23)(H2,20,22,24). The number of aromatic amines is 1. The molecular weight excluding hydrogens is 318 g/mol. The van der Waals surface area contributed by atoms with Crippen molar-refractivity contribution in [3.8, 4) is 5.75 Å². The second-order valence-corrected chi connectivity index (χ2v) is 6.55. The van der Waals surface area contributed by atoms with Crippen LogP contribution in [0, 0.1) is 20.8 Å². The topological polar surface area (TPSA) is 83.2 Å². The number of H-pyrrole nitrogens is 1. The molecule has 1 unspecified atom stereocenters. The van der Waals surface area contributed by atoms with E-state index in [0.717, 1.165) is 34.6 Å². The summed E-state index contributed by atoms with van der Waals surface area (Å²) in [7, 11) is 0. The Morgan fingerprint density at radius 2 is 2.08 bits per heavy atom. The lowest BCUT2D eigenvalue weighted by Crippen LogP contribution is -2.47. The summed E-state index contributed by atoms with van der Waals surface area (Å²) in [6, 6.07) is 7.52. The number of aromatic nitrogens is 1. The molecule has 0 aliphatic carbocycles. The molecule has 25 heavy (non-hydrogen) atoms. The molecule has 6 heteroatoms. The van der Waals surface area contributed by atoms with Crippen molar-refractivity contribution in [2.45, 2.75) is 39.8 Å². The van der Waals surface area contributed by atoms with E-state index in [1.165, 1.54) is 0 Å². The van der Waals surface area contributed by atoms with Gasteiger partial charge in [-0.1, -0.05) is 18.2 Å². The summed E-state index contributed by atoms with van der Waals surface area (Å²) in [5.74, 6) is 0.919. The fraction of sp³-hybridized carbons (Fsp3) is 0.368. The number of carbonyl (C=O) groups excluding carboxylic acids is 1. The number of amides is 2. The predicted octanol–water partition coefficient (Wildman–Crippen LogP) is 2.10. The molecule has 1 atom stereocenters. The number of rotatable bonds is 3. The number of hydrogen-bond donors (Lipinski definition) is 3. The molecule has 1 aromatic heterocycles. The van der Waals surface area contributed by atoms with Gasteiger partial charge in [0.05, 0.1) is 12.6 Å². The maximum absolute atomic E-state index is 12.2. The number of pyridine rings is 1. The number of aryl methyl sites for hydroxylation is 3. The van der Waals surface area contributed by atoms with Gasteiger partial charge < -0.3 is 20.4 Å². The number of carbonyl (C=O) groups is 1. The van der Waals surface area contributed by atoms with Gasteiger partial charge >= 0.3 is 6.03 Å². The molecule has 1 aliphatic rings. The van der Waals surface area contributed by atoms with Crippen molar-refractivity contribution in [1.82, 2.24) is 15.6 Å². The molecule has 6 nitrogen and oxygen atoms in total. The number of hydrogen-bond acceptors (Lipinski definition) is 3. The van der Waals surface area contributed by atoms with E-state index in [2.05, 4.69) is 15.6 Å². The predicted molar refractivity (Wildman–Crippen MR) is 96.1 cm³/mol. The van der Waals surface area contributed by atoms with Crippen molar-refractivity contribution >= 4 is 6.03 Å². The molecule has 0 saturated heterocycles. The molecule has 2 heterocycles. The molecule has 0 radical (unpaired) electrons. The lowest BCUT2D eigenvalue weighted by atomic mass is 10.0. The number of urea groups is 1. The minimum atomic E-state index is -0.302. The van der Waals surface area contributed by atoms with Gasteiger partial charge in [0.1, 0.15) is 12.4 Å². The van der Waals surface area contributed by atoms with Crippen LogP contribution in [0.1, 0.15) is 27.9 Å². The highest BCUT2D eigenvalue weighted by molar-refractivity contribution is 5.74. The van der Waals surface area contributed by atoms with E-state index in [0.29, 0.717) is 12.2 Å². The average molecular weight is 341 g/mol. The smallest absolute Gasteiger partial charge is 0.315 e. The largest absolute Gasteiger partial charge is 0.491 e. The summed E-state index contributed by atoms with van der Waals surface area (Å²) in [5.41, 5.74) is 4.29. The first kappa shape index (κ1) is 17.1. The van der Waals surface area contributed by atoms with Crippen LogP contribution in [0.15, 0.2) is 29.1 Å². The third kappa shape index (κ3) is 3.84. The number of benzene rings is 1. The number of nitrogens with one attached hydrogen (secondary N) is 3. The highest BCUT2D eigenvalue weighted by Gasteiger charge is 2.22. The molecular formula is C19H23N3O3. The molecule has 3 rings (SSSR count). The lowest BCUT2D eigenvalue weighted by Gasteiger charge is -2.27. The zero-order chi connectivity index (χ0) is 18.0. The summed E-state index contributed by atoms with van der Waals surface area (Å²) in [6.45, 7) is 6.35. The molecule has 3 N–H and O–H groups in total. The van der Waals surface area contributed by atoms with Crippen LogP contribution in [0.4, 0.5) is 4.79 Å². The minimum Gasteiger partial charge on any atom is -0.491 e. The fourth-order valence-electron chi connectivity index (χ4n) is 3.19. The Kier molecular flexibility index (Phi) is 4.79. The van der Waals surface area contributed by atoms with Crippen LogP contribution in [0.3, 0.4) is 0 Å². The Bertz CT molecular complexity index is 857. The third-order valence-electron chi connectivity index (χ3n) is 4.44. The van der Waals surface area contributed by atoms with E-state index in [1.54, 1.807) is 0 Å². The highest BCUT2D eigenvalue weighted by atomic mass is 16.5. The quantitative estimate of drug-likeness (QED) is 0.799. The van der Waals surface area contributed by atoms with Crippen LogP contribution in [-0.2, 0) is 13.0 Å². The Hall–Kier alpha value is -2.76. The minimum absolute atomic E-state index is 0.0910. The van der Waals surface area contributed by atoms with Crippen molar-refractivity contribution < 1.29 is 9.53 Å². The Labute approximate surface area is 146 Å². The molecule has 0 fully saturated rings. The summed E-state index contributed by atoms with van der Waals surface area (Å²) in [6.07, 6.45) is 0.731. The van der Waals surface area contributed by atoms with E-state index >= 15 is 0 Å². The summed E-state index contributed by atoms with van der Waals surface area (Å²) < 4.78 is 5.78. The van der Waals surface area contributed by atoms with Gasteiger partial charge in [-0.15, -0.1) is 0 Å². The van der Waals surface area contributed by atoms with Gasteiger partial charge in [-0.05, 0) is 49.9 Å². The summed E-state index contributed by atoms with van der Waals surface area (Å²) in [4.78, 5) is 26.9. The molecule has 1 aliphatic heterocycles.